The minimum Gasteiger partial charge on any atom is -0.278 e. The van der Waals surface area contributed by atoms with E-state index in [1.54, 1.807) is 4.80 Å². The van der Waals surface area contributed by atoms with Gasteiger partial charge in [0.15, 0.2) is 0 Å². The zero-order valence-electron chi connectivity index (χ0n) is 15.4. The summed E-state index contributed by atoms with van der Waals surface area (Å²) in [6.45, 7) is 6.57. The average molecular weight is 345 g/mol. The lowest BCUT2D eigenvalue weighted by molar-refractivity contribution is 0.367. The van der Waals surface area contributed by atoms with Crippen molar-refractivity contribution in [3.63, 3.8) is 0 Å². The summed E-state index contributed by atoms with van der Waals surface area (Å²) in [5.74, 6) is 0. The number of hydrazone groups is 1. The first-order chi connectivity index (χ1) is 12.5. The minimum absolute atomic E-state index is 0.109. The number of nitrogens with zero attached hydrogens (tertiary/aromatic N) is 4. The van der Waals surface area contributed by atoms with E-state index in [0.717, 1.165) is 41.3 Å². The second kappa shape index (κ2) is 6.41. The fourth-order valence-electron chi connectivity index (χ4n) is 3.26. The lowest BCUT2D eigenvalue weighted by atomic mass is 9.77. The van der Waals surface area contributed by atoms with Gasteiger partial charge in [-0.05, 0) is 49.4 Å². The molecule has 3 aromatic rings. The quantitative estimate of drug-likeness (QED) is 0.717. The standard InChI is InChI=1S/C21H23N5/c1-15-9-11-16(12-10-15)22-23-18-13-21(2,3)14-19-20(18)25-26(24-19)17-7-5-4-6-8-17/h4-12,22H,13-14H2,1-3H3/b23-18-. The zero-order valence-corrected chi connectivity index (χ0v) is 15.4. The second-order valence-electron chi connectivity index (χ2n) is 7.67. The molecule has 1 aromatic heterocycles. The maximum absolute atomic E-state index is 4.73. The van der Waals surface area contributed by atoms with Crippen molar-refractivity contribution < 1.29 is 0 Å². The first-order valence-corrected chi connectivity index (χ1v) is 8.91. The summed E-state index contributed by atoms with van der Waals surface area (Å²) in [5, 5.41) is 14.1. The Labute approximate surface area is 153 Å². The number of fused-ring (bicyclic) bond motifs is 1. The van der Waals surface area contributed by atoms with Crippen molar-refractivity contribution in [3.8, 4) is 5.69 Å². The number of benzene rings is 2. The van der Waals surface area contributed by atoms with Gasteiger partial charge in [0.2, 0.25) is 0 Å². The molecule has 0 saturated carbocycles. The number of para-hydroxylation sites is 1. The van der Waals surface area contributed by atoms with Gasteiger partial charge in [0, 0.05) is 0 Å². The SMILES string of the molecule is Cc1ccc(N/N=C2/CC(C)(C)Cc3nn(-c4ccccc4)nc32)cc1. The highest BCUT2D eigenvalue weighted by Gasteiger charge is 2.33. The Hall–Kier alpha value is -2.95. The molecule has 26 heavy (non-hydrogen) atoms. The van der Waals surface area contributed by atoms with Crippen molar-refractivity contribution in [2.24, 2.45) is 10.5 Å². The van der Waals surface area contributed by atoms with Crippen molar-refractivity contribution >= 4 is 11.4 Å². The van der Waals surface area contributed by atoms with Crippen molar-refractivity contribution in [2.75, 3.05) is 5.43 Å². The molecular weight excluding hydrogens is 322 g/mol. The van der Waals surface area contributed by atoms with Crippen LogP contribution >= 0.6 is 0 Å². The van der Waals surface area contributed by atoms with Crippen LogP contribution in [0.5, 0.6) is 0 Å². The second-order valence-corrected chi connectivity index (χ2v) is 7.67. The van der Waals surface area contributed by atoms with Gasteiger partial charge in [0.25, 0.3) is 0 Å². The van der Waals surface area contributed by atoms with Gasteiger partial charge in [0.05, 0.1) is 22.8 Å². The van der Waals surface area contributed by atoms with Gasteiger partial charge >= 0.3 is 0 Å². The average Bonchev–Trinajstić information content (AvgIpc) is 3.04. The van der Waals surface area contributed by atoms with E-state index >= 15 is 0 Å². The molecule has 0 atom stereocenters. The molecule has 0 amide bonds. The minimum atomic E-state index is 0.109. The third kappa shape index (κ3) is 3.38. The summed E-state index contributed by atoms with van der Waals surface area (Å²) in [6.07, 6.45) is 1.77. The Bertz CT molecular complexity index is 936. The molecular formula is C21H23N5. The van der Waals surface area contributed by atoms with Crippen LogP contribution in [0.15, 0.2) is 59.7 Å². The van der Waals surface area contributed by atoms with Crippen LogP contribution in [-0.2, 0) is 6.42 Å². The molecule has 1 aliphatic carbocycles. The number of rotatable bonds is 3. The first-order valence-electron chi connectivity index (χ1n) is 8.91. The van der Waals surface area contributed by atoms with E-state index in [0.29, 0.717) is 0 Å². The Morgan fingerprint density at radius 3 is 2.42 bits per heavy atom. The maximum atomic E-state index is 4.73. The smallest absolute Gasteiger partial charge is 0.132 e. The number of hydrogen-bond acceptors (Lipinski definition) is 4. The molecule has 0 unspecified atom stereocenters. The van der Waals surface area contributed by atoms with E-state index in [4.69, 9.17) is 10.2 Å². The zero-order chi connectivity index (χ0) is 18.1. The summed E-state index contributed by atoms with van der Waals surface area (Å²) < 4.78 is 0. The van der Waals surface area contributed by atoms with Gasteiger partial charge < -0.3 is 0 Å². The number of hydrogen-bond donors (Lipinski definition) is 1. The Morgan fingerprint density at radius 2 is 1.69 bits per heavy atom. The number of aryl methyl sites for hydroxylation is 1. The highest BCUT2D eigenvalue weighted by molar-refractivity contribution is 6.01. The molecule has 1 heterocycles. The predicted octanol–water partition coefficient (Wildman–Crippen LogP) is 4.36. The normalized spacial score (nSPS) is 17.1. The molecule has 0 spiro atoms. The Morgan fingerprint density at radius 1 is 0.962 bits per heavy atom. The Balaban J connectivity index is 1.69. The molecule has 0 radical (unpaired) electrons. The predicted molar refractivity (Wildman–Crippen MR) is 105 cm³/mol. The van der Waals surface area contributed by atoms with Crippen LogP contribution in [0.25, 0.3) is 5.69 Å². The lowest BCUT2D eigenvalue weighted by Crippen LogP contribution is -2.28. The molecule has 1 aliphatic rings. The van der Waals surface area contributed by atoms with Crippen LogP contribution < -0.4 is 5.43 Å². The van der Waals surface area contributed by atoms with Crippen molar-refractivity contribution in [2.45, 2.75) is 33.6 Å². The monoisotopic (exact) mass is 345 g/mol. The molecule has 0 bridgehead atoms. The molecule has 1 N–H and O–H groups in total. The van der Waals surface area contributed by atoms with Gasteiger partial charge in [-0.3, -0.25) is 5.43 Å². The highest BCUT2D eigenvalue weighted by Crippen LogP contribution is 2.34. The van der Waals surface area contributed by atoms with Crippen LogP contribution in [-0.4, -0.2) is 20.7 Å². The molecule has 0 aliphatic heterocycles. The molecule has 132 valence electrons. The van der Waals surface area contributed by atoms with Crippen LogP contribution in [0.2, 0.25) is 0 Å². The van der Waals surface area contributed by atoms with Crippen LogP contribution in [0, 0.1) is 12.3 Å². The van der Waals surface area contributed by atoms with Crippen LogP contribution in [0.4, 0.5) is 5.69 Å². The van der Waals surface area contributed by atoms with Crippen LogP contribution in [0.3, 0.4) is 0 Å². The van der Waals surface area contributed by atoms with E-state index in [-0.39, 0.29) is 5.41 Å². The van der Waals surface area contributed by atoms with Crippen molar-refractivity contribution in [3.05, 3.63) is 71.5 Å². The molecule has 5 nitrogen and oxygen atoms in total. The van der Waals surface area contributed by atoms with Crippen molar-refractivity contribution in [1.29, 1.82) is 0 Å². The molecule has 5 heteroatoms. The van der Waals surface area contributed by atoms with E-state index in [1.807, 2.05) is 42.5 Å². The number of anilines is 1. The van der Waals surface area contributed by atoms with Crippen LogP contribution in [0.1, 0.15) is 37.2 Å². The topological polar surface area (TPSA) is 55.1 Å². The molecule has 2 aromatic carbocycles. The van der Waals surface area contributed by atoms with Gasteiger partial charge in [-0.2, -0.15) is 15.0 Å². The molecule has 0 fully saturated rings. The van der Waals surface area contributed by atoms with E-state index in [1.165, 1.54) is 5.56 Å². The van der Waals surface area contributed by atoms with E-state index in [9.17, 15) is 0 Å². The summed E-state index contributed by atoms with van der Waals surface area (Å²) in [7, 11) is 0. The summed E-state index contributed by atoms with van der Waals surface area (Å²) >= 11 is 0. The van der Waals surface area contributed by atoms with E-state index < -0.39 is 0 Å². The first kappa shape index (κ1) is 16.5. The number of aromatic nitrogens is 3. The fraction of sp³-hybridized carbons (Fsp3) is 0.286. The largest absolute Gasteiger partial charge is 0.278 e. The maximum Gasteiger partial charge on any atom is 0.132 e. The highest BCUT2D eigenvalue weighted by atomic mass is 15.5. The Kier molecular flexibility index (Phi) is 4.07. The van der Waals surface area contributed by atoms with Gasteiger partial charge in [-0.25, -0.2) is 0 Å². The number of nitrogens with one attached hydrogen (secondary N) is 1. The third-order valence-electron chi connectivity index (χ3n) is 4.61. The molecule has 4 rings (SSSR count). The molecule has 0 saturated heterocycles. The fourth-order valence-corrected chi connectivity index (χ4v) is 3.26. The van der Waals surface area contributed by atoms with E-state index in [2.05, 4.69) is 43.4 Å². The lowest BCUT2D eigenvalue weighted by Gasteiger charge is -2.28. The third-order valence-corrected chi connectivity index (χ3v) is 4.61. The summed E-state index contributed by atoms with van der Waals surface area (Å²) in [5.41, 5.74) is 9.32. The summed E-state index contributed by atoms with van der Waals surface area (Å²) in [4.78, 5) is 1.72. The summed E-state index contributed by atoms with van der Waals surface area (Å²) in [6, 6.07) is 18.2. The van der Waals surface area contributed by atoms with Crippen molar-refractivity contribution in [1.82, 2.24) is 15.0 Å². The van der Waals surface area contributed by atoms with Gasteiger partial charge in [-0.1, -0.05) is 49.7 Å². The van der Waals surface area contributed by atoms with Gasteiger partial charge in [-0.15, -0.1) is 5.10 Å². The van der Waals surface area contributed by atoms with Gasteiger partial charge in [0.1, 0.15) is 5.69 Å².